The number of urea groups is 1. The van der Waals surface area contributed by atoms with Gasteiger partial charge in [-0.2, -0.15) is 0 Å². The molecular weight excluding hydrogens is 268 g/mol. The number of hydrogen-bond donors (Lipinski definition) is 3. The second-order valence-corrected chi connectivity index (χ2v) is 6.06. The molecule has 0 heterocycles. The lowest BCUT2D eigenvalue weighted by Gasteiger charge is -2.30. The van der Waals surface area contributed by atoms with Gasteiger partial charge in [-0.1, -0.05) is 19.4 Å². The number of aryl methyl sites for hydroxylation is 1. The molecule has 116 valence electrons. The van der Waals surface area contributed by atoms with E-state index < -0.39 is 0 Å². The van der Waals surface area contributed by atoms with Crippen molar-refractivity contribution in [2.24, 2.45) is 5.41 Å². The van der Waals surface area contributed by atoms with Crippen LogP contribution in [0.2, 0.25) is 0 Å². The first kappa shape index (κ1) is 15.6. The fourth-order valence-electron chi connectivity index (χ4n) is 2.89. The van der Waals surface area contributed by atoms with E-state index in [-0.39, 0.29) is 24.1 Å². The van der Waals surface area contributed by atoms with Gasteiger partial charge in [0.05, 0.1) is 19.4 Å². The van der Waals surface area contributed by atoms with Crippen LogP contribution in [0, 0.1) is 12.3 Å². The molecule has 1 saturated carbocycles. The molecule has 3 N–H and O–H groups in total. The highest BCUT2D eigenvalue weighted by molar-refractivity contribution is 5.91. The number of benzene rings is 1. The average Bonchev–Trinajstić information content (AvgIpc) is 2.82. The number of methoxy groups -OCH3 is 1. The monoisotopic (exact) mass is 292 g/mol. The summed E-state index contributed by atoms with van der Waals surface area (Å²) < 4.78 is 5.28. The Labute approximate surface area is 125 Å². The number of aliphatic hydroxyl groups excluding tert-OH is 1. The van der Waals surface area contributed by atoms with E-state index in [1.807, 2.05) is 32.0 Å². The first-order valence-electron chi connectivity index (χ1n) is 7.31. The molecule has 1 aromatic carbocycles. The lowest BCUT2D eigenvalue weighted by atomic mass is 9.86. The van der Waals surface area contributed by atoms with Gasteiger partial charge >= 0.3 is 6.03 Å². The van der Waals surface area contributed by atoms with Gasteiger partial charge < -0.3 is 20.5 Å². The van der Waals surface area contributed by atoms with E-state index in [4.69, 9.17) is 4.74 Å². The van der Waals surface area contributed by atoms with Gasteiger partial charge in [0.1, 0.15) is 5.75 Å². The molecule has 1 aromatic rings. The van der Waals surface area contributed by atoms with Crippen molar-refractivity contribution < 1.29 is 14.6 Å². The van der Waals surface area contributed by atoms with Crippen LogP contribution in [0.5, 0.6) is 5.75 Å². The van der Waals surface area contributed by atoms with Gasteiger partial charge in [0.25, 0.3) is 0 Å². The number of amides is 2. The predicted octanol–water partition coefficient (Wildman–Crippen LogP) is 2.68. The Morgan fingerprint density at radius 1 is 1.52 bits per heavy atom. The first-order chi connectivity index (χ1) is 9.98. The third-order valence-electron chi connectivity index (χ3n) is 4.35. The Kier molecular flexibility index (Phi) is 4.73. The molecule has 21 heavy (non-hydrogen) atoms. The molecule has 1 aliphatic carbocycles. The molecule has 1 fully saturated rings. The maximum atomic E-state index is 12.2. The van der Waals surface area contributed by atoms with Crippen molar-refractivity contribution in [1.29, 1.82) is 0 Å². The van der Waals surface area contributed by atoms with E-state index in [1.54, 1.807) is 7.11 Å². The van der Waals surface area contributed by atoms with Gasteiger partial charge in [0.15, 0.2) is 0 Å². The van der Waals surface area contributed by atoms with Crippen molar-refractivity contribution in [3.05, 3.63) is 23.8 Å². The third-order valence-corrected chi connectivity index (χ3v) is 4.35. The van der Waals surface area contributed by atoms with Crippen molar-refractivity contribution in [2.45, 2.75) is 39.2 Å². The second kappa shape index (κ2) is 6.35. The molecule has 5 nitrogen and oxygen atoms in total. The summed E-state index contributed by atoms with van der Waals surface area (Å²) in [6.45, 7) is 4.07. The zero-order valence-electron chi connectivity index (χ0n) is 12.9. The highest BCUT2D eigenvalue weighted by atomic mass is 16.5. The Hall–Kier alpha value is -1.75. The van der Waals surface area contributed by atoms with Gasteiger partial charge in [-0.25, -0.2) is 4.79 Å². The summed E-state index contributed by atoms with van der Waals surface area (Å²) in [5.41, 5.74) is 1.49. The minimum Gasteiger partial charge on any atom is -0.495 e. The van der Waals surface area contributed by atoms with Crippen LogP contribution in [0.3, 0.4) is 0 Å². The van der Waals surface area contributed by atoms with Crippen LogP contribution in [0.15, 0.2) is 18.2 Å². The predicted molar refractivity (Wildman–Crippen MR) is 82.7 cm³/mol. The molecule has 0 bridgehead atoms. The molecule has 2 amide bonds. The van der Waals surface area contributed by atoms with Crippen molar-refractivity contribution in [3.63, 3.8) is 0 Å². The van der Waals surface area contributed by atoms with E-state index in [0.717, 1.165) is 24.8 Å². The zero-order chi connectivity index (χ0) is 15.5. The summed E-state index contributed by atoms with van der Waals surface area (Å²) in [6, 6.07) is 5.37. The standard InChI is InChI=1S/C16H24N2O3/c1-11-6-7-12(13(9-11)21-3)17-15(20)18-14-5-4-8-16(14,2)10-19/h6-7,9,14,19H,4-5,8,10H2,1-3H3,(H2,17,18,20). The number of carbonyl (C=O) groups excluding carboxylic acids is 1. The van der Waals surface area contributed by atoms with Crippen molar-refractivity contribution >= 4 is 11.7 Å². The maximum absolute atomic E-state index is 12.2. The van der Waals surface area contributed by atoms with Gasteiger partial charge in [-0.15, -0.1) is 0 Å². The van der Waals surface area contributed by atoms with Gasteiger partial charge in [0.2, 0.25) is 0 Å². The summed E-state index contributed by atoms with van der Waals surface area (Å²) in [7, 11) is 1.58. The smallest absolute Gasteiger partial charge is 0.319 e. The molecule has 2 atom stereocenters. The minimum absolute atomic E-state index is 0.000978. The molecule has 2 unspecified atom stereocenters. The van der Waals surface area contributed by atoms with Crippen LogP contribution in [0.1, 0.15) is 31.7 Å². The van der Waals surface area contributed by atoms with Crippen LogP contribution in [0.25, 0.3) is 0 Å². The Morgan fingerprint density at radius 3 is 2.95 bits per heavy atom. The summed E-state index contributed by atoms with van der Waals surface area (Å²) in [6.07, 6.45) is 2.85. The van der Waals surface area contributed by atoms with E-state index in [0.29, 0.717) is 11.4 Å². The van der Waals surface area contributed by atoms with Gasteiger partial charge in [-0.05, 0) is 37.5 Å². The normalized spacial score (nSPS) is 24.7. The lowest BCUT2D eigenvalue weighted by molar-refractivity contribution is 0.122. The SMILES string of the molecule is COc1cc(C)ccc1NC(=O)NC1CCCC1(C)CO. The van der Waals surface area contributed by atoms with Crippen LogP contribution in [-0.2, 0) is 0 Å². The fourth-order valence-corrected chi connectivity index (χ4v) is 2.89. The highest BCUT2D eigenvalue weighted by Crippen LogP contribution is 2.37. The quantitative estimate of drug-likeness (QED) is 0.799. The first-order valence-corrected chi connectivity index (χ1v) is 7.31. The molecular formula is C16H24N2O3. The van der Waals surface area contributed by atoms with Crippen LogP contribution in [0.4, 0.5) is 10.5 Å². The van der Waals surface area contributed by atoms with Gasteiger partial charge in [0, 0.05) is 11.5 Å². The van der Waals surface area contributed by atoms with E-state index in [1.165, 1.54) is 0 Å². The van der Waals surface area contributed by atoms with Crippen molar-refractivity contribution in [1.82, 2.24) is 5.32 Å². The largest absolute Gasteiger partial charge is 0.495 e. The number of hydrogen-bond acceptors (Lipinski definition) is 3. The molecule has 2 rings (SSSR count). The highest BCUT2D eigenvalue weighted by Gasteiger charge is 2.39. The molecule has 0 aliphatic heterocycles. The number of nitrogens with one attached hydrogen (secondary N) is 2. The van der Waals surface area contributed by atoms with Crippen molar-refractivity contribution in [2.75, 3.05) is 19.0 Å². The number of anilines is 1. The molecule has 0 radical (unpaired) electrons. The fraction of sp³-hybridized carbons (Fsp3) is 0.562. The van der Waals surface area contributed by atoms with Crippen molar-refractivity contribution in [3.8, 4) is 5.75 Å². The van der Waals surface area contributed by atoms with E-state index >= 15 is 0 Å². The summed E-state index contributed by atoms with van der Waals surface area (Å²) in [4.78, 5) is 12.2. The minimum atomic E-state index is -0.260. The third kappa shape index (κ3) is 3.47. The maximum Gasteiger partial charge on any atom is 0.319 e. The average molecular weight is 292 g/mol. The molecule has 0 spiro atoms. The molecule has 1 aliphatic rings. The van der Waals surface area contributed by atoms with Crippen LogP contribution < -0.4 is 15.4 Å². The van der Waals surface area contributed by atoms with Gasteiger partial charge in [-0.3, -0.25) is 0 Å². The lowest BCUT2D eigenvalue weighted by Crippen LogP contribution is -2.46. The Morgan fingerprint density at radius 2 is 2.29 bits per heavy atom. The molecule has 0 saturated heterocycles. The Bertz CT molecular complexity index is 518. The molecule has 5 heteroatoms. The number of ether oxygens (including phenoxy) is 1. The zero-order valence-corrected chi connectivity index (χ0v) is 12.9. The number of carbonyl (C=O) groups is 1. The van der Waals surface area contributed by atoms with Crippen LogP contribution in [-0.4, -0.2) is 30.9 Å². The Balaban J connectivity index is 2.02. The van der Waals surface area contributed by atoms with E-state index in [9.17, 15) is 9.90 Å². The summed E-state index contributed by atoms with van der Waals surface area (Å²) in [5.74, 6) is 0.640. The summed E-state index contributed by atoms with van der Waals surface area (Å²) >= 11 is 0. The topological polar surface area (TPSA) is 70.6 Å². The molecule has 0 aromatic heterocycles. The number of aliphatic hydroxyl groups is 1. The summed E-state index contributed by atoms with van der Waals surface area (Å²) in [5, 5.41) is 15.3. The second-order valence-electron chi connectivity index (χ2n) is 6.06. The number of rotatable bonds is 4. The van der Waals surface area contributed by atoms with E-state index in [2.05, 4.69) is 10.6 Å². The van der Waals surface area contributed by atoms with Crippen LogP contribution >= 0.6 is 0 Å².